The second-order valence-corrected chi connectivity index (χ2v) is 7.82. The summed E-state index contributed by atoms with van der Waals surface area (Å²) in [5, 5.41) is 5.84. The van der Waals surface area contributed by atoms with Crippen molar-refractivity contribution in [3.8, 4) is 5.75 Å². The van der Waals surface area contributed by atoms with Gasteiger partial charge in [0.25, 0.3) is 0 Å². The summed E-state index contributed by atoms with van der Waals surface area (Å²) in [6, 6.07) is 8.05. The minimum absolute atomic E-state index is 0.697. The Kier molecular flexibility index (Phi) is 3.65. The standard InChI is InChI=1S/C19H19N5OS/c1-23-8-7-14-15(10-23)26-19-17(14)18-21-16(22-24(18)11-20-19)9-12-3-5-13(25-2)6-4-12/h3-6,11H,7-10H2,1-2H3. The molecule has 132 valence electrons. The maximum Gasteiger partial charge on any atom is 0.167 e. The van der Waals surface area contributed by atoms with E-state index in [9.17, 15) is 0 Å². The number of thiophene rings is 1. The molecule has 1 aromatic carbocycles. The topological polar surface area (TPSA) is 55.6 Å². The molecule has 26 heavy (non-hydrogen) atoms. The number of rotatable bonds is 3. The van der Waals surface area contributed by atoms with Gasteiger partial charge < -0.3 is 9.64 Å². The van der Waals surface area contributed by atoms with Crippen molar-refractivity contribution in [2.75, 3.05) is 20.7 Å². The highest BCUT2D eigenvalue weighted by Gasteiger charge is 2.22. The number of aromatic nitrogens is 4. The Labute approximate surface area is 155 Å². The third-order valence-electron chi connectivity index (χ3n) is 4.93. The lowest BCUT2D eigenvalue weighted by Gasteiger charge is -2.21. The number of nitrogens with zero attached hydrogens (tertiary/aromatic N) is 5. The van der Waals surface area contributed by atoms with Crippen LogP contribution in [0.3, 0.4) is 0 Å². The van der Waals surface area contributed by atoms with E-state index in [-0.39, 0.29) is 0 Å². The largest absolute Gasteiger partial charge is 0.497 e. The van der Waals surface area contributed by atoms with Crippen LogP contribution >= 0.6 is 11.3 Å². The van der Waals surface area contributed by atoms with Crippen molar-refractivity contribution in [2.45, 2.75) is 19.4 Å². The normalized spacial score (nSPS) is 14.8. The summed E-state index contributed by atoms with van der Waals surface area (Å²) < 4.78 is 7.05. The molecule has 0 unspecified atom stereocenters. The number of likely N-dealkylation sites (N-methyl/N-ethyl adjacent to an activating group) is 1. The maximum absolute atomic E-state index is 5.22. The van der Waals surface area contributed by atoms with Gasteiger partial charge in [-0.15, -0.1) is 16.4 Å². The maximum atomic E-state index is 5.22. The van der Waals surface area contributed by atoms with E-state index in [4.69, 9.17) is 9.72 Å². The van der Waals surface area contributed by atoms with Crippen LogP contribution in [-0.4, -0.2) is 45.2 Å². The zero-order chi connectivity index (χ0) is 17.7. The van der Waals surface area contributed by atoms with Gasteiger partial charge in [-0.05, 0) is 36.7 Å². The van der Waals surface area contributed by atoms with E-state index in [0.717, 1.165) is 41.6 Å². The molecular formula is C19H19N5OS. The SMILES string of the molecule is COc1ccc(Cc2nc3c4c5c(sc4ncn3n2)CN(C)CC5)cc1. The highest BCUT2D eigenvalue weighted by Crippen LogP contribution is 2.35. The molecule has 0 spiro atoms. The smallest absolute Gasteiger partial charge is 0.167 e. The summed E-state index contributed by atoms with van der Waals surface area (Å²) in [7, 11) is 3.84. The van der Waals surface area contributed by atoms with Crippen molar-refractivity contribution in [1.29, 1.82) is 0 Å². The molecule has 0 amide bonds. The van der Waals surface area contributed by atoms with Gasteiger partial charge in [0.05, 0.1) is 12.5 Å². The van der Waals surface area contributed by atoms with Crippen LogP contribution in [0, 0.1) is 0 Å². The second kappa shape index (κ2) is 6.03. The summed E-state index contributed by atoms with van der Waals surface area (Å²) in [6.07, 6.45) is 3.53. The molecule has 5 rings (SSSR count). The number of hydrogen-bond donors (Lipinski definition) is 0. The van der Waals surface area contributed by atoms with Crippen LogP contribution in [-0.2, 0) is 19.4 Å². The third kappa shape index (κ3) is 2.55. The quantitative estimate of drug-likeness (QED) is 0.559. The molecule has 6 nitrogen and oxygen atoms in total. The van der Waals surface area contributed by atoms with E-state index in [1.807, 2.05) is 16.6 Å². The first-order valence-electron chi connectivity index (χ1n) is 8.67. The Bertz CT molecular complexity index is 1100. The molecule has 1 aliphatic rings. The summed E-state index contributed by atoms with van der Waals surface area (Å²) >= 11 is 1.79. The molecule has 7 heteroatoms. The van der Waals surface area contributed by atoms with Gasteiger partial charge in [-0.25, -0.2) is 14.5 Å². The average molecular weight is 365 g/mol. The third-order valence-corrected chi connectivity index (χ3v) is 6.06. The van der Waals surface area contributed by atoms with Gasteiger partial charge in [-0.3, -0.25) is 0 Å². The van der Waals surface area contributed by atoms with E-state index in [0.29, 0.717) is 6.42 Å². The Hall–Kier alpha value is -2.51. The van der Waals surface area contributed by atoms with Gasteiger partial charge in [0.2, 0.25) is 0 Å². The van der Waals surface area contributed by atoms with E-state index in [1.165, 1.54) is 21.4 Å². The lowest BCUT2D eigenvalue weighted by atomic mass is 10.1. The first-order valence-corrected chi connectivity index (χ1v) is 9.49. The van der Waals surface area contributed by atoms with Crippen molar-refractivity contribution in [3.05, 3.63) is 52.4 Å². The van der Waals surface area contributed by atoms with Crippen molar-refractivity contribution < 1.29 is 4.74 Å². The number of benzene rings is 1. The minimum Gasteiger partial charge on any atom is -0.497 e. The first-order chi connectivity index (χ1) is 12.7. The van der Waals surface area contributed by atoms with Crippen molar-refractivity contribution >= 4 is 27.2 Å². The van der Waals surface area contributed by atoms with Gasteiger partial charge in [-0.2, -0.15) is 0 Å². The van der Waals surface area contributed by atoms with Gasteiger partial charge >= 0.3 is 0 Å². The fraction of sp³-hybridized carbons (Fsp3) is 0.316. The van der Waals surface area contributed by atoms with Gasteiger partial charge in [0, 0.05) is 24.4 Å². The molecule has 1 aliphatic heterocycles. The van der Waals surface area contributed by atoms with Crippen LogP contribution in [0.1, 0.15) is 21.8 Å². The molecule has 4 heterocycles. The highest BCUT2D eigenvalue weighted by atomic mass is 32.1. The van der Waals surface area contributed by atoms with Gasteiger partial charge in [0.1, 0.15) is 16.9 Å². The molecule has 0 N–H and O–H groups in total. The fourth-order valence-electron chi connectivity index (χ4n) is 3.56. The van der Waals surface area contributed by atoms with Gasteiger partial charge in [-0.1, -0.05) is 12.1 Å². The predicted octanol–water partition coefficient (Wildman–Crippen LogP) is 2.93. The summed E-state index contributed by atoms with van der Waals surface area (Å²) in [6.45, 7) is 2.07. The molecule has 0 fully saturated rings. The Morgan fingerprint density at radius 2 is 2.08 bits per heavy atom. The number of fused-ring (bicyclic) bond motifs is 5. The minimum atomic E-state index is 0.697. The van der Waals surface area contributed by atoms with Crippen LogP contribution in [0.5, 0.6) is 5.75 Å². The van der Waals surface area contributed by atoms with Crippen LogP contribution in [0.15, 0.2) is 30.6 Å². The van der Waals surface area contributed by atoms with E-state index >= 15 is 0 Å². The zero-order valence-electron chi connectivity index (χ0n) is 14.8. The van der Waals surface area contributed by atoms with E-state index in [1.54, 1.807) is 24.8 Å². The van der Waals surface area contributed by atoms with Crippen LogP contribution < -0.4 is 4.74 Å². The van der Waals surface area contributed by atoms with E-state index < -0.39 is 0 Å². The van der Waals surface area contributed by atoms with Crippen LogP contribution in [0.25, 0.3) is 15.9 Å². The monoisotopic (exact) mass is 365 g/mol. The number of ether oxygens (including phenoxy) is 1. The summed E-state index contributed by atoms with van der Waals surface area (Å²) in [4.78, 5) is 14.3. The molecule has 3 aromatic heterocycles. The van der Waals surface area contributed by atoms with Crippen molar-refractivity contribution in [2.24, 2.45) is 0 Å². The number of hydrogen-bond acceptors (Lipinski definition) is 6. The Balaban J connectivity index is 1.57. The lowest BCUT2D eigenvalue weighted by Crippen LogP contribution is -2.25. The van der Waals surface area contributed by atoms with Gasteiger partial charge in [0.15, 0.2) is 11.5 Å². The summed E-state index contributed by atoms with van der Waals surface area (Å²) in [5.41, 5.74) is 3.50. The first kappa shape index (κ1) is 15.7. The second-order valence-electron chi connectivity index (χ2n) is 6.74. The highest BCUT2D eigenvalue weighted by molar-refractivity contribution is 7.19. The van der Waals surface area contributed by atoms with Crippen LogP contribution in [0.2, 0.25) is 0 Å². The van der Waals surface area contributed by atoms with Crippen molar-refractivity contribution in [1.82, 2.24) is 24.5 Å². The molecular weight excluding hydrogens is 346 g/mol. The molecule has 4 aromatic rings. The molecule has 0 aliphatic carbocycles. The molecule has 0 radical (unpaired) electrons. The molecule has 0 atom stereocenters. The zero-order valence-corrected chi connectivity index (χ0v) is 15.6. The van der Waals surface area contributed by atoms with Crippen LogP contribution in [0.4, 0.5) is 0 Å². The van der Waals surface area contributed by atoms with Crippen molar-refractivity contribution in [3.63, 3.8) is 0 Å². The summed E-state index contributed by atoms with van der Waals surface area (Å²) in [5.74, 6) is 1.68. The Morgan fingerprint density at radius 1 is 1.23 bits per heavy atom. The molecule has 0 saturated carbocycles. The predicted molar refractivity (Wildman–Crippen MR) is 102 cm³/mol. The fourth-order valence-corrected chi connectivity index (χ4v) is 4.83. The Morgan fingerprint density at radius 3 is 2.88 bits per heavy atom. The average Bonchev–Trinajstić information content (AvgIpc) is 3.21. The van der Waals surface area contributed by atoms with E-state index in [2.05, 4.69) is 34.2 Å². The lowest BCUT2D eigenvalue weighted by molar-refractivity contribution is 0.318. The number of methoxy groups -OCH3 is 1. The molecule has 0 bridgehead atoms. The molecule has 0 saturated heterocycles.